The Hall–Kier alpha value is -0.680. The van der Waals surface area contributed by atoms with E-state index in [9.17, 15) is 0 Å². The van der Waals surface area contributed by atoms with E-state index in [-0.39, 0.29) is 0 Å². The molecule has 1 aliphatic carbocycles. The van der Waals surface area contributed by atoms with Crippen molar-refractivity contribution in [1.82, 2.24) is 0 Å². The van der Waals surface area contributed by atoms with Crippen molar-refractivity contribution in [2.24, 2.45) is 0 Å². The van der Waals surface area contributed by atoms with Gasteiger partial charge in [0.2, 0.25) is 0 Å². The Morgan fingerprint density at radius 1 is 1.60 bits per heavy atom. The SMILES string of the molecule is N#CC1=CCC2=C1SCC2. The van der Waals surface area contributed by atoms with E-state index in [1.165, 1.54) is 22.7 Å². The number of hydrogen-bond donors (Lipinski definition) is 0. The van der Waals surface area contributed by atoms with Crippen LogP contribution in [0.4, 0.5) is 0 Å². The molecule has 0 unspecified atom stereocenters. The lowest BCUT2D eigenvalue weighted by molar-refractivity contribution is 1.08. The van der Waals surface area contributed by atoms with E-state index < -0.39 is 0 Å². The van der Waals surface area contributed by atoms with Crippen LogP contribution in [-0.4, -0.2) is 5.75 Å². The van der Waals surface area contributed by atoms with Crippen molar-refractivity contribution in [3.63, 3.8) is 0 Å². The second-order valence-electron chi connectivity index (χ2n) is 2.46. The standard InChI is InChI=1S/C8H7NS/c9-5-7-2-1-6-3-4-10-8(6)7/h2H,1,3-4H2. The molecule has 0 amide bonds. The highest BCUT2D eigenvalue weighted by molar-refractivity contribution is 8.03. The molecule has 2 heteroatoms. The summed E-state index contributed by atoms with van der Waals surface area (Å²) in [5.41, 5.74) is 2.40. The summed E-state index contributed by atoms with van der Waals surface area (Å²) in [6, 6.07) is 2.22. The molecule has 0 atom stereocenters. The van der Waals surface area contributed by atoms with Crippen LogP contribution >= 0.6 is 11.8 Å². The number of nitrogens with zero attached hydrogens (tertiary/aromatic N) is 1. The number of nitriles is 1. The van der Waals surface area contributed by atoms with Crippen molar-refractivity contribution in [1.29, 1.82) is 5.26 Å². The van der Waals surface area contributed by atoms with Crippen LogP contribution < -0.4 is 0 Å². The average Bonchev–Trinajstić information content (AvgIpc) is 2.44. The van der Waals surface area contributed by atoms with Crippen LogP contribution in [0.2, 0.25) is 0 Å². The Labute approximate surface area is 64.4 Å². The Morgan fingerprint density at radius 2 is 2.50 bits per heavy atom. The largest absolute Gasteiger partial charge is 0.192 e. The highest BCUT2D eigenvalue weighted by Crippen LogP contribution is 2.42. The fourth-order valence-electron chi connectivity index (χ4n) is 1.37. The smallest absolute Gasteiger partial charge is 0.1000 e. The third-order valence-corrected chi connectivity index (χ3v) is 3.09. The molecule has 50 valence electrons. The molecular formula is C8H7NS. The summed E-state index contributed by atoms with van der Waals surface area (Å²) in [6.45, 7) is 0. The molecule has 0 bridgehead atoms. The lowest BCUT2D eigenvalue weighted by atomic mass is 10.2. The highest BCUT2D eigenvalue weighted by Gasteiger charge is 2.22. The first-order chi connectivity index (χ1) is 4.92. The van der Waals surface area contributed by atoms with Crippen molar-refractivity contribution < 1.29 is 0 Å². The number of thioether (sulfide) groups is 1. The Morgan fingerprint density at radius 3 is 3.30 bits per heavy atom. The minimum atomic E-state index is 0.914. The van der Waals surface area contributed by atoms with Crippen molar-refractivity contribution in [2.45, 2.75) is 12.8 Å². The van der Waals surface area contributed by atoms with Crippen LogP contribution in [0.5, 0.6) is 0 Å². The molecule has 1 heterocycles. The molecule has 0 fully saturated rings. The first-order valence-corrected chi connectivity index (χ1v) is 4.36. The lowest BCUT2D eigenvalue weighted by Gasteiger charge is -1.91. The van der Waals surface area contributed by atoms with Gasteiger partial charge in [-0.1, -0.05) is 11.6 Å². The van der Waals surface area contributed by atoms with Crippen LogP contribution in [0.15, 0.2) is 22.1 Å². The van der Waals surface area contributed by atoms with Gasteiger partial charge in [0, 0.05) is 10.7 Å². The maximum atomic E-state index is 8.65. The van der Waals surface area contributed by atoms with Gasteiger partial charge in [0.1, 0.15) is 0 Å². The Kier molecular flexibility index (Phi) is 1.32. The molecule has 0 spiro atoms. The molecule has 0 aromatic rings. The first-order valence-electron chi connectivity index (χ1n) is 3.37. The van der Waals surface area contributed by atoms with Gasteiger partial charge in [-0.3, -0.25) is 0 Å². The second-order valence-corrected chi connectivity index (χ2v) is 3.57. The molecule has 0 N–H and O–H groups in total. The summed E-state index contributed by atoms with van der Waals surface area (Å²) < 4.78 is 0. The Bertz CT molecular complexity index is 267. The van der Waals surface area contributed by atoms with Gasteiger partial charge in [-0.2, -0.15) is 5.26 Å². The highest BCUT2D eigenvalue weighted by atomic mass is 32.2. The van der Waals surface area contributed by atoms with E-state index in [4.69, 9.17) is 5.26 Å². The van der Waals surface area contributed by atoms with Crippen LogP contribution in [0.1, 0.15) is 12.8 Å². The van der Waals surface area contributed by atoms with Gasteiger partial charge in [-0.05, 0) is 12.8 Å². The van der Waals surface area contributed by atoms with Crippen molar-refractivity contribution in [3.8, 4) is 6.07 Å². The average molecular weight is 149 g/mol. The zero-order valence-electron chi connectivity index (χ0n) is 5.55. The zero-order chi connectivity index (χ0) is 6.97. The van der Waals surface area contributed by atoms with Crippen LogP contribution in [0.25, 0.3) is 0 Å². The molecule has 0 radical (unpaired) electrons. The molecule has 0 aromatic heterocycles. The summed E-state index contributed by atoms with van der Waals surface area (Å²) in [5.74, 6) is 1.18. The van der Waals surface area contributed by atoms with Crippen LogP contribution in [0.3, 0.4) is 0 Å². The third-order valence-electron chi connectivity index (χ3n) is 1.89. The summed E-state index contributed by atoms with van der Waals surface area (Å²) in [7, 11) is 0. The van der Waals surface area contributed by atoms with Gasteiger partial charge in [0.05, 0.1) is 11.6 Å². The molecule has 0 saturated heterocycles. The predicted molar refractivity (Wildman–Crippen MR) is 42.4 cm³/mol. The van der Waals surface area contributed by atoms with E-state index in [2.05, 4.69) is 6.07 Å². The molecule has 10 heavy (non-hydrogen) atoms. The molecule has 1 aliphatic heterocycles. The molecule has 2 aliphatic rings. The zero-order valence-corrected chi connectivity index (χ0v) is 6.37. The predicted octanol–water partition coefficient (Wildman–Crippen LogP) is 2.23. The number of allylic oxidation sites excluding steroid dienone is 3. The van der Waals surface area contributed by atoms with E-state index in [0.29, 0.717) is 0 Å². The Balaban J connectivity index is 2.36. The maximum Gasteiger partial charge on any atom is 0.1000 e. The summed E-state index contributed by atoms with van der Waals surface area (Å²) in [5, 5.41) is 8.65. The van der Waals surface area contributed by atoms with Gasteiger partial charge in [-0.15, -0.1) is 11.8 Å². The van der Waals surface area contributed by atoms with E-state index in [1.54, 1.807) is 0 Å². The fraction of sp³-hybridized carbons (Fsp3) is 0.375. The van der Waals surface area contributed by atoms with Gasteiger partial charge >= 0.3 is 0 Å². The normalized spacial score (nSPS) is 22.5. The van der Waals surface area contributed by atoms with Crippen molar-refractivity contribution in [3.05, 3.63) is 22.1 Å². The van der Waals surface area contributed by atoms with Gasteiger partial charge in [0.25, 0.3) is 0 Å². The molecule has 1 nitrogen and oxygen atoms in total. The lowest BCUT2D eigenvalue weighted by Crippen LogP contribution is -1.73. The number of rotatable bonds is 0. The van der Waals surface area contributed by atoms with E-state index >= 15 is 0 Å². The third kappa shape index (κ3) is 0.708. The minimum Gasteiger partial charge on any atom is -0.192 e. The van der Waals surface area contributed by atoms with Gasteiger partial charge < -0.3 is 0 Å². The minimum absolute atomic E-state index is 0.914. The summed E-state index contributed by atoms with van der Waals surface area (Å²) >= 11 is 1.83. The molecular weight excluding hydrogens is 142 g/mol. The quantitative estimate of drug-likeness (QED) is 0.527. The topological polar surface area (TPSA) is 23.8 Å². The van der Waals surface area contributed by atoms with Crippen LogP contribution in [0, 0.1) is 11.3 Å². The monoisotopic (exact) mass is 149 g/mol. The van der Waals surface area contributed by atoms with Crippen molar-refractivity contribution in [2.75, 3.05) is 5.75 Å². The van der Waals surface area contributed by atoms with Gasteiger partial charge in [-0.25, -0.2) is 0 Å². The van der Waals surface area contributed by atoms with Crippen molar-refractivity contribution >= 4 is 11.8 Å². The summed E-state index contributed by atoms with van der Waals surface area (Å²) in [6.07, 6.45) is 4.27. The van der Waals surface area contributed by atoms with Gasteiger partial charge in [0.15, 0.2) is 0 Å². The second kappa shape index (κ2) is 2.17. The first kappa shape index (κ1) is 6.06. The van der Waals surface area contributed by atoms with Crippen LogP contribution in [-0.2, 0) is 0 Å². The van der Waals surface area contributed by atoms with E-state index in [0.717, 1.165) is 12.0 Å². The molecule has 2 rings (SSSR count). The maximum absolute atomic E-state index is 8.65. The molecule has 0 aromatic carbocycles. The van der Waals surface area contributed by atoms with E-state index in [1.807, 2.05) is 17.8 Å². The summed E-state index contributed by atoms with van der Waals surface area (Å²) in [4.78, 5) is 1.28. The number of hydrogen-bond acceptors (Lipinski definition) is 2. The molecule has 0 saturated carbocycles. The fourth-order valence-corrected chi connectivity index (χ4v) is 2.60.